The lowest BCUT2D eigenvalue weighted by Crippen LogP contribution is -2.07. The highest BCUT2D eigenvalue weighted by Crippen LogP contribution is 2.41. The first-order valence-corrected chi connectivity index (χ1v) is 18.2. The van der Waals surface area contributed by atoms with Crippen molar-refractivity contribution in [2.45, 2.75) is 27.7 Å². The van der Waals surface area contributed by atoms with Crippen LogP contribution in [0.3, 0.4) is 0 Å². The van der Waals surface area contributed by atoms with E-state index in [1.54, 1.807) is 69.1 Å². The van der Waals surface area contributed by atoms with Crippen molar-refractivity contribution >= 4 is 107 Å². The Bertz CT molecular complexity index is 3020. The molecule has 9 aromatic rings. The maximum atomic E-state index is 12.4. The first-order chi connectivity index (χ1) is 28.5. The largest absolute Gasteiger partial charge is 0.460 e. The van der Waals surface area contributed by atoms with Gasteiger partial charge < -0.3 is 39.7 Å². The quantitative estimate of drug-likeness (QED) is 0.0330. The van der Waals surface area contributed by atoms with Gasteiger partial charge in [0.05, 0.1) is 58.2 Å². The van der Waals surface area contributed by atoms with Crippen LogP contribution in [0.4, 0.5) is 22.7 Å². The molecule has 6 N–H and O–H groups in total. The number of furan rings is 2. The normalized spacial score (nSPS) is 11.3. The first-order valence-electron chi connectivity index (χ1n) is 17.5. The molecule has 9 rings (SSSR count). The summed E-state index contributed by atoms with van der Waals surface area (Å²) in [6, 6.07) is 10.7. The van der Waals surface area contributed by atoms with Crippen LogP contribution in [0, 0.1) is 6.92 Å². The second-order valence-corrected chi connectivity index (χ2v) is 13.2. The Morgan fingerprint density at radius 2 is 1.54 bits per heavy atom. The van der Waals surface area contributed by atoms with Gasteiger partial charge in [0.1, 0.15) is 11.5 Å². The van der Waals surface area contributed by atoms with E-state index in [1.807, 2.05) is 12.1 Å². The maximum absolute atomic E-state index is 12.4. The topological polar surface area (TPSA) is 264 Å². The molecule has 300 valence electrons. The minimum Gasteiger partial charge on any atom is -0.460 e. The fraction of sp³-hybridized carbons (Fsp3) is 0.132. The van der Waals surface area contributed by atoms with E-state index in [-0.39, 0.29) is 24.1 Å². The van der Waals surface area contributed by atoms with Crippen LogP contribution in [0.15, 0.2) is 92.1 Å². The Morgan fingerprint density at radius 1 is 0.898 bits per heavy atom. The van der Waals surface area contributed by atoms with Gasteiger partial charge in [-0.3, -0.25) is 19.9 Å². The Balaban J connectivity index is 0.000000161. The van der Waals surface area contributed by atoms with Crippen LogP contribution in [0.1, 0.15) is 41.9 Å². The fourth-order valence-electron chi connectivity index (χ4n) is 5.86. The molecule has 0 aliphatic heterocycles. The van der Waals surface area contributed by atoms with Crippen molar-refractivity contribution in [1.82, 2.24) is 40.1 Å². The molecule has 2 aromatic carbocycles. The van der Waals surface area contributed by atoms with Crippen LogP contribution in [-0.4, -0.2) is 69.6 Å². The molecule has 0 fully saturated rings. The summed E-state index contributed by atoms with van der Waals surface area (Å²) in [6.07, 6.45) is 9.71. The number of carbonyl (C=O) groups excluding carboxylic acids is 2. The number of H-pyrrole nitrogens is 1. The second-order valence-electron chi connectivity index (χ2n) is 12.4. The van der Waals surface area contributed by atoms with Gasteiger partial charge in [-0.25, -0.2) is 4.79 Å². The average molecular weight is 840 g/mol. The van der Waals surface area contributed by atoms with Crippen LogP contribution < -0.4 is 16.4 Å². The first kappa shape index (κ1) is 39.7. The number of aryl methyl sites for hydroxylation is 1. The zero-order valence-corrected chi connectivity index (χ0v) is 33.0. The lowest BCUT2D eigenvalue weighted by molar-refractivity contribution is 0.0494. The lowest BCUT2D eigenvalue weighted by Gasteiger charge is -2.09. The molecular weight excluding hydrogens is 807 g/mol. The number of nitrogens with zero attached hydrogens (tertiary/aromatic N) is 8. The number of ether oxygens (including phenoxy) is 1. The number of pyridine rings is 2. The monoisotopic (exact) mass is 838 g/mol. The Labute approximate surface area is 342 Å². The van der Waals surface area contributed by atoms with Crippen molar-refractivity contribution in [2.24, 2.45) is 10.9 Å². The fourth-order valence-corrected chi connectivity index (χ4v) is 6.31. The molecule has 7 heterocycles. The van der Waals surface area contributed by atoms with Gasteiger partial charge in [0, 0.05) is 52.2 Å². The number of aromatic nitrogens is 8. The minimum absolute atomic E-state index is 0.0342. The minimum atomic E-state index is -0.592. The number of benzene rings is 2. The van der Waals surface area contributed by atoms with Crippen LogP contribution in [-0.2, 0) is 4.74 Å². The molecular formula is C38H32Cl2N12O7. The highest BCUT2D eigenvalue weighted by molar-refractivity contribution is 6.36. The summed E-state index contributed by atoms with van der Waals surface area (Å²) >= 11 is 12.5. The molecule has 0 unspecified atom stereocenters. The van der Waals surface area contributed by atoms with Gasteiger partial charge in [-0.1, -0.05) is 33.5 Å². The maximum Gasteiger partial charge on any atom is 0.376 e. The molecule has 0 bridgehead atoms. The number of nitrogens with two attached hydrogens (primary N) is 1. The number of esters is 1. The molecule has 0 saturated heterocycles. The van der Waals surface area contributed by atoms with Crippen LogP contribution >= 0.6 is 23.2 Å². The zero-order valence-electron chi connectivity index (χ0n) is 31.4. The number of fused-ring (bicyclic) bond motifs is 4. The molecule has 7 aromatic heterocycles. The van der Waals surface area contributed by atoms with E-state index < -0.39 is 5.97 Å². The van der Waals surface area contributed by atoms with E-state index in [4.69, 9.17) is 52.2 Å². The van der Waals surface area contributed by atoms with Gasteiger partial charge in [0.25, 0.3) is 5.89 Å². The lowest BCUT2D eigenvalue weighted by atomic mass is 10.2. The summed E-state index contributed by atoms with van der Waals surface area (Å²) < 4.78 is 23.2. The van der Waals surface area contributed by atoms with Gasteiger partial charge in [0.15, 0.2) is 17.0 Å². The third-order valence-corrected chi connectivity index (χ3v) is 9.01. The summed E-state index contributed by atoms with van der Waals surface area (Å²) in [7, 11) is 0. The van der Waals surface area contributed by atoms with Gasteiger partial charge in [-0.15, -0.1) is 0 Å². The third-order valence-electron chi connectivity index (χ3n) is 8.39. The highest BCUT2D eigenvalue weighted by atomic mass is 35.5. The number of halogens is 2. The standard InChI is InChI=1S/C19H15ClN4O4.C17H11ClN6O2.C2H6N2O/c1-3-27-19(26)18-16(11-6-7-21-9-15(11)28-18)23-14-5-4-13(20)17-12(14)8-22-24(17)10(2)25;1-8-21-17(26-24-8)16-15(9-4-5-19-7-13(9)25-16)22-12-3-2-11(18)14-10(12)6-20-23-14;1-2(3)4-5/h4-9,23H,3H2,1-2H3;2-7,22H,1H3,(H,20,23);5H,1H3,(H2,3,4). The van der Waals surface area contributed by atoms with E-state index >= 15 is 0 Å². The number of nitrogens with one attached hydrogen (secondary N) is 3. The van der Waals surface area contributed by atoms with E-state index in [9.17, 15) is 9.59 Å². The van der Waals surface area contributed by atoms with E-state index in [0.717, 1.165) is 22.0 Å². The number of aromatic amines is 1. The van der Waals surface area contributed by atoms with Crippen molar-refractivity contribution in [1.29, 1.82) is 0 Å². The van der Waals surface area contributed by atoms with Gasteiger partial charge in [-0.2, -0.15) is 19.9 Å². The smallest absolute Gasteiger partial charge is 0.376 e. The molecule has 0 aliphatic carbocycles. The van der Waals surface area contributed by atoms with Crippen LogP contribution in [0.2, 0.25) is 10.0 Å². The Morgan fingerprint density at radius 3 is 2.19 bits per heavy atom. The number of oxime groups is 1. The summed E-state index contributed by atoms with van der Waals surface area (Å²) in [5.74, 6) is 0.621. The number of hydrogen-bond acceptors (Lipinski definition) is 16. The number of anilines is 4. The molecule has 59 heavy (non-hydrogen) atoms. The van der Waals surface area contributed by atoms with Crippen LogP contribution in [0.5, 0.6) is 0 Å². The number of hydrogen-bond donors (Lipinski definition) is 5. The van der Waals surface area contributed by atoms with Crippen molar-refractivity contribution in [3.05, 3.63) is 95.2 Å². The summed E-state index contributed by atoms with van der Waals surface area (Å²) in [4.78, 5) is 36.6. The molecule has 0 spiro atoms. The van der Waals surface area contributed by atoms with Crippen molar-refractivity contribution in [3.63, 3.8) is 0 Å². The highest BCUT2D eigenvalue weighted by Gasteiger charge is 2.24. The summed E-state index contributed by atoms with van der Waals surface area (Å²) in [5, 5.41) is 35.7. The van der Waals surface area contributed by atoms with Crippen molar-refractivity contribution in [2.75, 3.05) is 17.2 Å². The van der Waals surface area contributed by atoms with Gasteiger partial charge in [0.2, 0.25) is 17.4 Å². The van der Waals surface area contributed by atoms with E-state index in [2.05, 4.69) is 51.2 Å². The van der Waals surface area contributed by atoms with Crippen molar-refractivity contribution in [3.8, 4) is 11.7 Å². The summed E-state index contributed by atoms with van der Waals surface area (Å²) in [5.41, 5.74) is 9.64. The van der Waals surface area contributed by atoms with Gasteiger partial charge in [-0.05, 0) is 57.2 Å². The average Bonchev–Trinajstić information content (AvgIpc) is 4.08. The van der Waals surface area contributed by atoms with Crippen molar-refractivity contribution < 1.29 is 32.9 Å². The predicted molar refractivity (Wildman–Crippen MR) is 220 cm³/mol. The molecule has 0 amide bonds. The van der Waals surface area contributed by atoms with Crippen LogP contribution in [0.25, 0.3) is 55.4 Å². The van der Waals surface area contributed by atoms with Gasteiger partial charge >= 0.3 is 5.97 Å². The molecule has 0 atom stereocenters. The molecule has 19 nitrogen and oxygen atoms in total. The van der Waals surface area contributed by atoms with E-state index in [1.165, 1.54) is 24.7 Å². The molecule has 0 radical (unpaired) electrons. The Hall–Kier alpha value is -7.51. The second kappa shape index (κ2) is 16.9. The number of rotatable bonds is 7. The Kier molecular flexibility index (Phi) is 11.4. The number of amidine groups is 1. The SMILES string of the molecule is C/C(N)=N/O.CCOC(=O)c1oc2cnccc2c1Nc1ccc(Cl)c2c1cnn2C(C)=O.Cc1noc(-c2oc3cnccc3c2Nc2ccc(Cl)c3[nH]ncc23)n1. The molecule has 21 heteroatoms. The molecule has 0 saturated carbocycles. The van der Waals surface area contributed by atoms with E-state index in [0.29, 0.717) is 72.0 Å². The predicted octanol–water partition coefficient (Wildman–Crippen LogP) is 8.62. The molecule has 0 aliphatic rings. The number of carbonyl (C=O) groups is 2. The zero-order chi connectivity index (χ0) is 41.8. The summed E-state index contributed by atoms with van der Waals surface area (Å²) in [6.45, 7) is 6.58. The third kappa shape index (κ3) is 8.04.